The van der Waals surface area contributed by atoms with Crippen LogP contribution in [0.5, 0.6) is 0 Å². The van der Waals surface area contributed by atoms with Crippen molar-refractivity contribution < 1.29 is 4.42 Å². The molecule has 0 amide bonds. The van der Waals surface area contributed by atoms with Gasteiger partial charge in [-0.05, 0) is 25.0 Å². The molecule has 1 unspecified atom stereocenters. The second kappa shape index (κ2) is 6.19. The highest BCUT2D eigenvalue weighted by atomic mass is 16.3. The molecule has 1 saturated heterocycles. The molecule has 4 nitrogen and oxygen atoms in total. The van der Waals surface area contributed by atoms with Crippen molar-refractivity contribution in [3.05, 3.63) is 23.7 Å². The molecule has 0 aliphatic carbocycles. The quantitative estimate of drug-likeness (QED) is 0.820. The van der Waals surface area contributed by atoms with Gasteiger partial charge in [0.2, 0.25) is 0 Å². The molecule has 0 aromatic carbocycles. The summed E-state index contributed by atoms with van der Waals surface area (Å²) < 4.78 is 5.76. The Morgan fingerprint density at radius 2 is 2.12 bits per heavy atom. The number of nitrogens with zero attached hydrogens (tertiary/aromatic N) is 1. The van der Waals surface area contributed by atoms with Crippen LogP contribution < -0.4 is 11.2 Å². The van der Waals surface area contributed by atoms with E-state index in [9.17, 15) is 0 Å². The van der Waals surface area contributed by atoms with Crippen molar-refractivity contribution in [3.63, 3.8) is 0 Å². The van der Waals surface area contributed by atoms with Crippen LogP contribution in [0.2, 0.25) is 0 Å². The Kier molecular flexibility index (Phi) is 4.59. The van der Waals surface area contributed by atoms with Crippen LogP contribution >= 0.6 is 0 Å². The largest absolute Gasteiger partial charge is 0.464 e. The smallest absolute Gasteiger partial charge is 0.123 e. The van der Waals surface area contributed by atoms with E-state index in [1.54, 1.807) is 0 Å². The van der Waals surface area contributed by atoms with Gasteiger partial charge in [0.05, 0.1) is 6.04 Å². The number of furan rings is 1. The molecule has 17 heavy (non-hydrogen) atoms. The molecule has 1 atom stereocenters. The highest BCUT2D eigenvalue weighted by molar-refractivity contribution is 5.11. The molecule has 0 saturated carbocycles. The summed E-state index contributed by atoms with van der Waals surface area (Å²) >= 11 is 0. The van der Waals surface area contributed by atoms with Crippen molar-refractivity contribution in [2.75, 3.05) is 19.6 Å². The van der Waals surface area contributed by atoms with Gasteiger partial charge in [0.15, 0.2) is 0 Å². The first-order valence-corrected chi connectivity index (χ1v) is 6.63. The Balaban J connectivity index is 1.95. The minimum atomic E-state index is 0.105. The zero-order valence-electron chi connectivity index (χ0n) is 10.6. The van der Waals surface area contributed by atoms with Gasteiger partial charge in [-0.1, -0.05) is 13.3 Å². The van der Waals surface area contributed by atoms with Crippen LogP contribution in [0.15, 0.2) is 16.5 Å². The molecule has 0 bridgehead atoms. The van der Waals surface area contributed by atoms with Gasteiger partial charge < -0.3 is 10.2 Å². The lowest BCUT2D eigenvalue weighted by molar-refractivity contribution is 0.122. The van der Waals surface area contributed by atoms with Crippen molar-refractivity contribution in [3.8, 4) is 0 Å². The molecule has 1 fully saturated rings. The van der Waals surface area contributed by atoms with Crippen LogP contribution in [-0.4, -0.2) is 24.6 Å². The first-order valence-electron chi connectivity index (χ1n) is 6.63. The maximum Gasteiger partial charge on any atom is 0.123 e. The van der Waals surface area contributed by atoms with E-state index in [4.69, 9.17) is 10.2 Å². The molecule has 0 spiro atoms. The minimum absolute atomic E-state index is 0.105. The van der Waals surface area contributed by atoms with Gasteiger partial charge in [0.25, 0.3) is 0 Å². The summed E-state index contributed by atoms with van der Waals surface area (Å²) in [5.41, 5.74) is 9.30. The lowest BCUT2D eigenvalue weighted by Crippen LogP contribution is -2.45. The van der Waals surface area contributed by atoms with Gasteiger partial charge in [-0.3, -0.25) is 0 Å². The van der Waals surface area contributed by atoms with Gasteiger partial charge in [0.1, 0.15) is 11.5 Å². The Labute approximate surface area is 103 Å². The normalized spacial score (nSPS) is 19.4. The highest BCUT2D eigenvalue weighted by Crippen LogP contribution is 2.18. The van der Waals surface area contributed by atoms with Crippen molar-refractivity contribution >= 4 is 0 Å². The van der Waals surface area contributed by atoms with E-state index < -0.39 is 0 Å². The van der Waals surface area contributed by atoms with Gasteiger partial charge in [0, 0.05) is 26.1 Å². The third-order valence-electron chi connectivity index (χ3n) is 3.30. The molecule has 1 aliphatic heterocycles. The minimum Gasteiger partial charge on any atom is -0.464 e. The number of rotatable bonds is 5. The summed E-state index contributed by atoms with van der Waals surface area (Å²) in [5, 5.41) is 2.27. The maximum atomic E-state index is 5.82. The summed E-state index contributed by atoms with van der Waals surface area (Å²) in [6.45, 7) is 4.88. The standard InChI is InChI=1S/C13H23N3O/c1-2-11-6-7-13(17-11)12(10-14)15-16-8-4-3-5-9-16/h6-7,12,15H,2-5,8-10,14H2,1H3. The third-order valence-corrected chi connectivity index (χ3v) is 3.30. The fraction of sp³-hybridized carbons (Fsp3) is 0.692. The highest BCUT2D eigenvalue weighted by Gasteiger charge is 2.18. The van der Waals surface area contributed by atoms with Gasteiger partial charge >= 0.3 is 0 Å². The van der Waals surface area contributed by atoms with E-state index >= 15 is 0 Å². The molecule has 1 aromatic rings. The molecular formula is C13H23N3O. The molecule has 96 valence electrons. The third kappa shape index (κ3) is 3.31. The SMILES string of the molecule is CCc1ccc(C(CN)NN2CCCCC2)o1. The van der Waals surface area contributed by atoms with Crippen LogP contribution in [0.4, 0.5) is 0 Å². The number of nitrogens with one attached hydrogen (secondary N) is 1. The van der Waals surface area contributed by atoms with E-state index in [0.29, 0.717) is 6.54 Å². The summed E-state index contributed by atoms with van der Waals surface area (Å²) in [7, 11) is 0. The fourth-order valence-corrected chi connectivity index (χ4v) is 2.25. The topological polar surface area (TPSA) is 54.4 Å². The van der Waals surface area contributed by atoms with Crippen molar-refractivity contribution in [2.45, 2.75) is 38.6 Å². The lowest BCUT2D eigenvalue weighted by atomic mass is 10.1. The monoisotopic (exact) mass is 237 g/mol. The Hall–Kier alpha value is -0.840. The molecule has 1 aromatic heterocycles. The predicted octanol–water partition coefficient (Wildman–Crippen LogP) is 1.83. The second-order valence-corrected chi connectivity index (χ2v) is 4.62. The zero-order chi connectivity index (χ0) is 12.1. The second-order valence-electron chi connectivity index (χ2n) is 4.62. The number of aryl methyl sites for hydroxylation is 1. The van der Waals surface area contributed by atoms with Crippen LogP contribution in [0.3, 0.4) is 0 Å². The van der Waals surface area contributed by atoms with Crippen molar-refractivity contribution in [2.24, 2.45) is 5.73 Å². The summed E-state index contributed by atoms with van der Waals surface area (Å²) in [4.78, 5) is 0. The summed E-state index contributed by atoms with van der Waals surface area (Å²) in [6.07, 6.45) is 4.80. The first kappa shape index (κ1) is 12.6. The van der Waals surface area contributed by atoms with Crippen LogP contribution in [0.1, 0.15) is 43.7 Å². The van der Waals surface area contributed by atoms with E-state index in [0.717, 1.165) is 31.0 Å². The Morgan fingerprint density at radius 3 is 2.71 bits per heavy atom. The number of piperidine rings is 1. The number of hydrogen-bond acceptors (Lipinski definition) is 4. The van der Waals surface area contributed by atoms with Crippen molar-refractivity contribution in [1.29, 1.82) is 0 Å². The molecule has 1 aliphatic rings. The lowest BCUT2D eigenvalue weighted by Gasteiger charge is -2.30. The van der Waals surface area contributed by atoms with Gasteiger partial charge in [-0.25, -0.2) is 10.4 Å². The van der Waals surface area contributed by atoms with E-state index in [2.05, 4.69) is 17.4 Å². The summed E-state index contributed by atoms with van der Waals surface area (Å²) in [6, 6.07) is 4.18. The van der Waals surface area contributed by atoms with Crippen LogP contribution in [0.25, 0.3) is 0 Å². The number of hydrogen-bond donors (Lipinski definition) is 2. The molecular weight excluding hydrogens is 214 g/mol. The molecule has 4 heteroatoms. The van der Waals surface area contributed by atoms with E-state index in [1.807, 2.05) is 12.1 Å². The average molecular weight is 237 g/mol. The molecule has 2 heterocycles. The van der Waals surface area contributed by atoms with Gasteiger partial charge in [-0.15, -0.1) is 0 Å². The van der Waals surface area contributed by atoms with Crippen LogP contribution in [-0.2, 0) is 6.42 Å². The number of nitrogens with two attached hydrogens (primary N) is 1. The van der Waals surface area contributed by atoms with Crippen LogP contribution in [0, 0.1) is 0 Å². The Bertz CT molecular complexity index is 331. The molecule has 2 rings (SSSR count). The summed E-state index contributed by atoms with van der Waals surface area (Å²) in [5.74, 6) is 1.98. The van der Waals surface area contributed by atoms with E-state index in [-0.39, 0.29) is 6.04 Å². The maximum absolute atomic E-state index is 5.82. The Morgan fingerprint density at radius 1 is 1.35 bits per heavy atom. The molecule has 3 N–H and O–H groups in total. The average Bonchev–Trinajstić information content (AvgIpc) is 2.86. The van der Waals surface area contributed by atoms with E-state index in [1.165, 1.54) is 19.3 Å². The van der Waals surface area contributed by atoms with Crippen molar-refractivity contribution in [1.82, 2.24) is 10.4 Å². The fourth-order valence-electron chi connectivity index (χ4n) is 2.25. The zero-order valence-corrected chi connectivity index (χ0v) is 10.6. The number of hydrazine groups is 1. The van der Waals surface area contributed by atoms with Gasteiger partial charge in [-0.2, -0.15) is 0 Å². The first-order chi connectivity index (χ1) is 8.33. The molecule has 0 radical (unpaired) electrons. The predicted molar refractivity (Wildman–Crippen MR) is 68.4 cm³/mol.